The van der Waals surface area contributed by atoms with Gasteiger partial charge in [-0.3, -0.25) is 4.79 Å². The van der Waals surface area contributed by atoms with Gasteiger partial charge in [-0.1, -0.05) is 19.1 Å². The summed E-state index contributed by atoms with van der Waals surface area (Å²) in [5.41, 5.74) is 6.20. The molecular formula is C14H22N2O2. The van der Waals surface area contributed by atoms with Crippen molar-refractivity contribution in [3.63, 3.8) is 0 Å². The van der Waals surface area contributed by atoms with Crippen molar-refractivity contribution in [3.8, 4) is 5.75 Å². The molecule has 18 heavy (non-hydrogen) atoms. The Morgan fingerprint density at radius 1 is 1.39 bits per heavy atom. The molecule has 0 bridgehead atoms. The van der Waals surface area contributed by atoms with Crippen molar-refractivity contribution in [2.45, 2.75) is 26.2 Å². The van der Waals surface area contributed by atoms with Gasteiger partial charge in [-0.15, -0.1) is 0 Å². The fraction of sp³-hybridized carbons (Fsp3) is 0.500. The van der Waals surface area contributed by atoms with Crippen molar-refractivity contribution in [2.24, 2.45) is 11.7 Å². The van der Waals surface area contributed by atoms with E-state index in [2.05, 4.69) is 12.2 Å². The second kappa shape index (κ2) is 7.71. The van der Waals surface area contributed by atoms with Crippen LogP contribution in [0, 0.1) is 5.92 Å². The van der Waals surface area contributed by atoms with Gasteiger partial charge in [-0.25, -0.2) is 0 Å². The van der Waals surface area contributed by atoms with Gasteiger partial charge in [0.25, 0.3) is 0 Å². The molecule has 1 unspecified atom stereocenters. The average Bonchev–Trinajstić information content (AvgIpc) is 2.37. The number of hydrogen-bond acceptors (Lipinski definition) is 3. The van der Waals surface area contributed by atoms with E-state index in [1.807, 2.05) is 24.3 Å². The maximum absolute atomic E-state index is 11.8. The molecule has 4 heteroatoms. The normalized spacial score (nSPS) is 11.9. The third-order valence-corrected chi connectivity index (χ3v) is 2.90. The van der Waals surface area contributed by atoms with E-state index in [1.165, 1.54) is 0 Å². The highest BCUT2D eigenvalue weighted by atomic mass is 16.5. The minimum Gasteiger partial charge on any atom is -0.495 e. The van der Waals surface area contributed by atoms with Crippen molar-refractivity contribution in [1.29, 1.82) is 0 Å². The van der Waals surface area contributed by atoms with Gasteiger partial charge in [0.15, 0.2) is 0 Å². The molecule has 0 spiro atoms. The molecule has 1 atom stereocenters. The average molecular weight is 250 g/mol. The Kier molecular flexibility index (Phi) is 6.22. The van der Waals surface area contributed by atoms with E-state index in [-0.39, 0.29) is 5.91 Å². The number of carbonyl (C=O) groups excluding carboxylic acids is 1. The number of nitrogens with one attached hydrogen (secondary N) is 1. The summed E-state index contributed by atoms with van der Waals surface area (Å²) in [5.74, 6) is 1.18. The lowest BCUT2D eigenvalue weighted by Crippen LogP contribution is -2.14. The Bertz CT molecular complexity index is 380. The molecule has 3 N–H and O–H groups in total. The predicted octanol–water partition coefficient (Wildman–Crippen LogP) is 2.40. The van der Waals surface area contributed by atoms with Crippen LogP contribution in [0.15, 0.2) is 24.3 Å². The van der Waals surface area contributed by atoms with E-state index in [0.717, 1.165) is 18.5 Å². The van der Waals surface area contributed by atoms with Gasteiger partial charge in [0.1, 0.15) is 5.75 Å². The van der Waals surface area contributed by atoms with Crippen LogP contribution in [0.3, 0.4) is 0 Å². The molecule has 100 valence electrons. The van der Waals surface area contributed by atoms with Crippen LogP contribution in [-0.2, 0) is 4.79 Å². The highest BCUT2D eigenvalue weighted by Gasteiger charge is 2.08. The first-order chi connectivity index (χ1) is 8.67. The summed E-state index contributed by atoms with van der Waals surface area (Å²) < 4.78 is 5.18. The number of para-hydroxylation sites is 2. The third-order valence-electron chi connectivity index (χ3n) is 2.90. The van der Waals surface area contributed by atoms with E-state index in [0.29, 0.717) is 24.6 Å². The highest BCUT2D eigenvalue weighted by Crippen LogP contribution is 2.23. The van der Waals surface area contributed by atoms with Gasteiger partial charge in [0, 0.05) is 6.42 Å². The molecule has 0 heterocycles. The van der Waals surface area contributed by atoms with E-state index in [4.69, 9.17) is 10.5 Å². The fourth-order valence-corrected chi connectivity index (χ4v) is 1.77. The smallest absolute Gasteiger partial charge is 0.224 e. The van der Waals surface area contributed by atoms with Crippen LogP contribution in [0.2, 0.25) is 0 Å². The van der Waals surface area contributed by atoms with Crippen molar-refractivity contribution in [3.05, 3.63) is 24.3 Å². The molecule has 0 saturated heterocycles. The standard InChI is InChI=1S/C14H22N2O2/c1-11(9-10-15)7-8-14(17)16-12-5-3-4-6-13(12)18-2/h3-6,11H,7-10,15H2,1-2H3,(H,16,17). The molecule has 1 aromatic rings. The minimum absolute atomic E-state index is 0.0170. The number of nitrogens with two attached hydrogens (primary N) is 1. The molecule has 4 nitrogen and oxygen atoms in total. The summed E-state index contributed by atoms with van der Waals surface area (Å²) in [7, 11) is 1.59. The predicted molar refractivity (Wildman–Crippen MR) is 73.7 cm³/mol. The molecule has 1 aromatic carbocycles. The lowest BCUT2D eigenvalue weighted by Gasteiger charge is -2.11. The molecular weight excluding hydrogens is 228 g/mol. The number of anilines is 1. The molecule has 0 fully saturated rings. The first-order valence-electron chi connectivity index (χ1n) is 6.30. The van der Waals surface area contributed by atoms with E-state index < -0.39 is 0 Å². The van der Waals surface area contributed by atoms with Gasteiger partial charge < -0.3 is 15.8 Å². The molecule has 0 aliphatic carbocycles. The van der Waals surface area contributed by atoms with E-state index in [9.17, 15) is 4.79 Å². The van der Waals surface area contributed by atoms with Crippen LogP contribution in [0.4, 0.5) is 5.69 Å². The summed E-state index contributed by atoms with van der Waals surface area (Å²) in [4.78, 5) is 11.8. The molecule has 1 amide bonds. The van der Waals surface area contributed by atoms with Crippen LogP contribution in [0.1, 0.15) is 26.2 Å². The quantitative estimate of drug-likeness (QED) is 0.781. The number of hydrogen-bond donors (Lipinski definition) is 2. The number of rotatable bonds is 7. The maximum atomic E-state index is 11.8. The lowest BCUT2D eigenvalue weighted by molar-refractivity contribution is -0.116. The van der Waals surface area contributed by atoms with Crippen LogP contribution in [0.25, 0.3) is 0 Å². The van der Waals surface area contributed by atoms with Crippen molar-refractivity contribution in [1.82, 2.24) is 0 Å². The van der Waals surface area contributed by atoms with Gasteiger partial charge >= 0.3 is 0 Å². The van der Waals surface area contributed by atoms with Crippen molar-refractivity contribution in [2.75, 3.05) is 19.0 Å². The van der Waals surface area contributed by atoms with Gasteiger partial charge in [-0.2, -0.15) is 0 Å². The molecule has 0 aromatic heterocycles. The Hall–Kier alpha value is -1.55. The van der Waals surface area contributed by atoms with Crippen molar-refractivity contribution < 1.29 is 9.53 Å². The maximum Gasteiger partial charge on any atom is 0.224 e. The highest BCUT2D eigenvalue weighted by molar-refractivity contribution is 5.92. The summed E-state index contributed by atoms with van der Waals surface area (Å²) in [6, 6.07) is 7.40. The molecule has 0 radical (unpaired) electrons. The largest absolute Gasteiger partial charge is 0.495 e. The van der Waals surface area contributed by atoms with Crippen LogP contribution >= 0.6 is 0 Å². The molecule has 0 aliphatic heterocycles. The summed E-state index contributed by atoms with van der Waals surface area (Å²) in [6.07, 6.45) is 2.33. The first-order valence-corrected chi connectivity index (χ1v) is 6.30. The van der Waals surface area contributed by atoms with Gasteiger partial charge in [0.05, 0.1) is 12.8 Å². The van der Waals surface area contributed by atoms with Gasteiger partial charge in [-0.05, 0) is 37.4 Å². The molecule has 0 aliphatic rings. The summed E-state index contributed by atoms with van der Waals surface area (Å²) in [5, 5.41) is 2.86. The summed E-state index contributed by atoms with van der Waals surface area (Å²) in [6.45, 7) is 2.79. The van der Waals surface area contributed by atoms with Crippen molar-refractivity contribution >= 4 is 11.6 Å². The van der Waals surface area contributed by atoms with Gasteiger partial charge in [0.2, 0.25) is 5.91 Å². The zero-order valence-corrected chi connectivity index (χ0v) is 11.1. The van der Waals surface area contributed by atoms with Crippen LogP contribution < -0.4 is 15.8 Å². The summed E-state index contributed by atoms with van der Waals surface area (Å²) >= 11 is 0. The third kappa shape index (κ3) is 4.75. The fourth-order valence-electron chi connectivity index (χ4n) is 1.77. The zero-order valence-electron chi connectivity index (χ0n) is 11.1. The number of methoxy groups -OCH3 is 1. The molecule has 1 rings (SSSR count). The second-order valence-corrected chi connectivity index (χ2v) is 4.47. The topological polar surface area (TPSA) is 64.3 Å². The van der Waals surface area contributed by atoms with Crippen LogP contribution in [-0.4, -0.2) is 19.6 Å². The minimum atomic E-state index is 0.0170. The SMILES string of the molecule is COc1ccccc1NC(=O)CCC(C)CCN. The Balaban J connectivity index is 2.44. The Labute approximate surface area is 109 Å². The number of carbonyl (C=O) groups is 1. The number of benzene rings is 1. The first kappa shape index (κ1) is 14.5. The zero-order chi connectivity index (χ0) is 13.4. The second-order valence-electron chi connectivity index (χ2n) is 4.47. The van der Waals surface area contributed by atoms with Crippen LogP contribution in [0.5, 0.6) is 5.75 Å². The van der Waals surface area contributed by atoms with E-state index >= 15 is 0 Å². The molecule has 0 saturated carbocycles. The Morgan fingerprint density at radius 2 is 2.11 bits per heavy atom. The van der Waals surface area contributed by atoms with E-state index in [1.54, 1.807) is 7.11 Å². The monoisotopic (exact) mass is 250 g/mol. The lowest BCUT2D eigenvalue weighted by atomic mass is 10.0. The number of amides is 1. The Morgan fingerprint density at radius 3 is 2.78 bits per heavy atom. The number of ether oxygens (including phenoxy) is 1.